The molecule has 1 saturated carbocycles. The van der Waals surface area contributed by atoms with Crippen LogP contribution in [0.25, 0.3) is 0 Å². The van der Waals surface area contributed by atoms with E-state index in [-0.39, 0.29) is 23.4 Å². The lowest BCUT2D eigenvalue weighted by atomic mass is 9.67. The van der Waals surface area contributed by atoms with Gasteiger partial charge in [-0.1, -0.05) is 46.8 Å². The van der Waals surface area contributed by atoms with E-state index in [1.54, 1.807) is 19.2 Å². The van der Waals surface area contributed by atoms with Crippen LogP contribution in [0.15, 0.2) is 59.0 Å². The van der Waals surface area contributed by atoms with E-state index in [0.717, 1.165) is 25.7 Å². The third-order valence-electron chi connectivity index (χ3n) is 7.52. The van der Waals surface area contributed by atoms with Crippen molar-refractivity contribution < 1.29 is 18.8 Å². The van der Waals surface area contributed by atoms with Gasteiger partial charge in [0.1, 0.15) is 5.75 Å². The molecule has 2 aromatic carbocycles. The molecular weight excluding hydrogens is 434 g/mol. The van der Waals surface area contributed by atoms with E-state index in [4.69, 9.17) is 17.2 Å². The topological polar surface area (TPSA) is 67.8 Å². The molecule has 0 atom stereocenters. The molecule has 0 radical (unpaired) electrons. The second kappa shape index (κ2) is 11.0. The molecule has 0 bridgehead atoms. The molecule has 3 rings (SSSR count). The average molecular weight is 469 g/mol. The van der Waals surface area contributed by atoms with Gasteiger partial charge in [-0.2, -0.15) is 0 Å². The third kappa shape index (κ3) is 4.99. The second-order valence-corrected chi connectivity index (χ2v) is 8.98. The summed E-state index contributed by atoms with van der Waals surface area (Å²) in [5, 5.41) is 3.17. The summed E-state index contributed by atoms with van der Waals surface area (Å²) in [7, 11) is 1.57. The van der Waals surface area contributed by atoms with Gasteiger partial charge in [0.25, 0.3) is 5.91 Å². The van der Waals surface area contributed by atoms with Crippen LogP contribution in [0.1, 0.15) is 55.5 Å². The monoisotopic (exact) mass is 468 g/mol. The first kappa shape index (κ1) is 25.0. The fourth-order valence-electron chi connectivity index (χ4n) is 5.43. The van der Waals surface area contributed by atoms with Gasteiger partial charge in [-0.25, -0.2) is 9.28 Å². The lowest BCUT2D eigenvalue weighted by Crippen LogP contribution is -2.60. The smallest absolute Gasteiger partial charge is 0.454 e. The molecule has 1 fully saturated rings. The van der Waals surface area contributed by atoms with Gasteiger partial charge in [0, 0.05) is 24.8 Å². The van der Waals surface area contributed by atoms with Crippen LogP contribution in [-0.2, 0) is 17.8 Å². The molecule has 0 heterocycles. The Hall–Kier alpha value is -2.64. The summed E-state index contributed by atoms with van der Waals surface area (Å²) in [5.74, 6) is 0.420. The van der Waals surface area contributed by atoms with Crippen LogP contribution >= 0.6 is 0 Å². The van der Waals surface area contributed by atoms with E-state index < -0.39 is 0 Å². The van der Waals surface area contributed by atoms with Crippen molar-refractivity contribution >= 4 is 24.4 Å². The number of methoxy groups -OCH3 is 1. The van der Waals surface area contributed by atoms with Gasteiger partial charge in [0.15, 0.2) is 0 Å². The fraction of sp³-hybridized carbons (Fsp3) is 0.462. The van der Waals surface area contributed by atoms with Gasteiger partial charge < -0.3 is 10.1 Å². The van der Waals surface area contributed by atoms with Crippen molar-refractivity contribution in [2.45, 2.75) is 51.0 Å². The molecule has 7 heteroatoms. The Balaban J connectivity index is 1.83. The minimum absolute atomic E-state index is 0.141. The van der Waals surface area contributed by atoms with Crippen molar-refractivity contribution in [3.8, 4) is 5.75 Å². The Labute approximate surface area is 202 Å². The zero-order chi connectivity index (χ0) is 23.9. The molecule has 0 aromatic heterocycles. The molecule has 0 spiro atoms. The number of nitrogens with zero attached hydrogens (tertiary/aromatic N) is 2. The molecule has 0 aliphatic heterocycles. The van der Waals surface area contributed by atoms with E-state index in [1.165, 1.54) is 5.56 Å². The predicted molar refractivity (Wildman–Crippen MR) is 132 cm³/mol. The maximum absolute atomic E-state index is 13.0. The number of quaternary nitrogens is 1. The first-order chi connectivity index (χ1) is 16.0. The molecule has 2 aromatic rings. The van der Waals surface area contributed by atoms with Crippen molar-refractivity contribution in [1.82, 2.24) is 5.32 Å². The summed E-state index contributed by atoms with van der Waals surface area (Å²) >= 11 is 4.79. The third-order valence-corrected chi connectivity index (χ3v) is 7.68. The molecule has 6 nitrogen and oxygen atoms in total. The van der Waals surface area contributed by atoms with E-state index in [2.05, 4.69) is 21.8 Å². The highest BCUT2D eigenvalue weighted by atomic mass is 32.1. The molecular formula is C26H34N3O3S+. The summed E-state index contributed by atoms with van der Waals surface area (Å²) in [6.07, 6.45) is 3.49. The summed E-state index contributed by atoms with van der Waals surface area (Å²) in [6.45, 7) is 5.97. The maximum Gasteiger partial charge on any atom is 0.454 e. The highest BCUT2D eigenvalue weighted by molar-refractivity contribution is 7.47. The van der Waals surface area contributed by atoms with Crippen molar-refractivity contribution in [1.29, 1.82) is 0 Å². The first-order valence-electron chi connectivity index (χ1n) is 11.7. The molecule has 33 heavy (non-hydrogen) atoms. The molecule has 0 saturated heterocycles. The molecule has 176 valence electrons. The van der Waals surface area contributed by atoms with Crippen LogP contribution in [0.2, 0.25) is 0 Å². The number of hydrogen-bond donors (Lipinski definition) is 1. The van der Waals surface area contributed by atoms with Gasteiger partial charge in [-0.3, -0.25) is 4.79 Å². The van der Waals surface area contributed by atoms with E-state index in [9.17, 15) is 9.59 Å². The standard InChI is InChI=1S/C26H33N3O3S/c1-4-29(5-2,25(31)28-33)21-15-17-26(18-16-21,20-11-7-6-8-12-20)19-27-24(30)22-13-9-10-14-23(22)32-3/h6-14,21H,4-5,15-19H2,1-3H3/p+1. The SMILES string of the molecule is CC[N+](CC)(C(=O)N=S)C1CCC(CNC(=O)c2ccccc2OC)(c2ccccc2)CC1. The van der Waals surface area contributed by atoms with Crippen LogP contribution < -0.4 is 10.1 Å². The highest BCUT2D eigenvalue weighted by Crippen LogP contribution is 2.42. The van der Waals surface area contributed by atoms with Crippen LogP contribution in [0.4, 0.5) is 4.79 Å². The number of ether oxygens (including phenoxy) is 1. The Morgan fingerprint density at radius 1 is 1.06 bits per heavy atom. The maximum atomic E-state index is 13.0. The molecule has 3 amide bonds. The van der Waals surface area contributed by atoms with Crippen molar-refractivity contribution in [3.63, 3.8) is 0 Å². The van der Waals surface area contributed by atoms with Crippen molar-refractivity contribution in [2.75, 3.05) is 26.7 Å². The van der Waals surface area contributed by atoms with Gasteiger partial charge in [-0.05, 0) is 44.4 Å². The largest absolute Gasteiger partial charge is 0.496 e. The number of carbonyl (C=O) groups excluding carboxylic acids is 2. The normalized spacial score (nSPS) is 20.6. The lowest BCUT2D eigenvalue weighted by molar-refractivity contribution is -0.873. The summed E-state index contributed by atoms with van der Waals surface area (Å²) in [5.41, 5.74) is 1.55. The zero-order valence-electron chi connectivity index (χ0n) is 19.8. The number of amides is 3. The fourth-order valence-corrected chi connectivity index (χ4v) is 5.60. The quantitative estimate of drug-likeness (QED) is 0.553. The predicted octanol–water partition coefficient (Wildman–Crippen LogP) is 5.01. The number of carbonyl (C=O) groups is 2. The molecule has 1 aliphatic rings. The minimum atomic E-state index is -0.211. The number of para-hydroxylation sites is 1. The minimum Gasteiger partial charge on any atom is -0.496 e. The van der Waals surface area contributed by atoms with Crippen LogP contribution in [0.5, 0.6) is 5.75 Å². The highest BCUT2D eigenvalue weighted by Gasteiger charge is 2.47. The van der Waals surface area contributed by atoms with Gasteiger partial charge in [-0.15, -0.1) is 0 Å². The number of rotatable bonds is 8. The summed E-state index contributed by atoms with van der Waals surface area (Å²) in [6, 6.07) is 17.6. The molecule has 1 aliphatic carbocycles. The molecule has 1 N–H and O–H groups in total. The van der Waals surface area contributed by atoms with E-state index in [0.29, 0.717) is 35.4 Å². The second-order valence-electron chi connectivity index (χ2n) is 8.80. The first-order valence-corrected chi connectivity index (χ1v) is 12.0. The van der Waals surface area contributed by atoms with Gasteiger partial charge in [0.2, 0.25) is 0 Å². The molecule has 0 unspecified atom stereocenters. The van der Waals surface area contributed by atoms with Crippen LogP contribution in [0, 0.1) is 0 Å². The van der Waals surface area contributed by atoms with E-state index >= 15 is 0 Å². The number of nitrogens with one attached hydrogen (secondary N) is 1. The zero-order valence-corrected chi connectivity index (χ0v) is 20.6. The summed E-state index contributed by atoms with van der Waals surface area (Å²) < 4.78 is 9.30. The number of hydrogen-bond acceptors (Lipinski definition) is 4. The Morgan fingerprint density at radius 3 is 2.24 bits per heavy atom. The lowest BCUT2D eigenvalue weighted by Gasteiger charge is -2.46. The van der Waals surface area contributed by atoms with Gasteiger partial charge in [0.05, 0.1) is 44.2 Å². The van der Waals surface area contributed by atoms with Crippen LogP contribution in [-0.4, -0.2) is 49.2 Å². The number of benzene rings is 2. The number of urea groups is 1. The Bertz CT molecular complexity index is 968. The average Bonchev–Trinajstić information content (AvgIpc) is 2.89. The van der Waals surface area contributed by atoms with Crippen molar-refractivity contribution in [2.24, 2.45) is 4.36 Å². The summed E-state index contributed by atoms with van der Waals surface area (Å²) in [4.78, 5) is 25.7. The Kier molecular flexibility index (Phi) is 8.32. The Morgan fingerprint density at radius 2 is 1.67 bits per heavy atom. The van der Waals surface area contributed by atoms with Gasteiger partial charge >= 0.3 is 6.03 Å². The van der Waals surface area contributed by atoms with E-state index in [1.807, 2.05) is 44.2 Å². The van der Waals surface area contributed by atoms with Crippen LogP contribution in [0.3, 0.4) is 0 Å². The van der Waals surface area contributed by atoms with Crippen molar-refractivity contribution in [3.05, 3.63) is 65.7 Å².